The Bertz CT molecular complexity index is 117. The fourth-order valence-electron chi connectivity index (χ4n) is 0.124. The molecule has 0 saturated heterocycles. The molecule has 0 aliphatic heterocycles. The minimum Gasteiger partial charge on any atom is -0.225 e. The van der Waals surface area contributed by atoms with Gasteiger partial charge in [-0.25, -0.2) is 13.2 Å². The van der Waals surface area contributed by atoms with E-state index >= 15 is 0 Å². The maximum absolute atomic E-state index is 12.3. The normalized spacial score (nSPS) is 21.9. The quantitative estimate of drug-likeness (QED) is 0.643. The minimum absolute atomic E-state index is 2.81. The molecule has 0 amide bonds. The molecule has 0 radical (unpaired) electrons. The van der Waals surface area contributed by atoms with Gasteiger partial charge in [-0.3, -0.25) is 0 Å². The van der Waals surface area contributed by atoms with E-state index in [4.69, 9.17) is 0 Å². The Labute approximate surface area is 75.2 Å². The second-order valence-corrected chi connectivity index (χ2v) is 3.59. The second kappa shape index (κ2) is 3.13. The summed E-state index contributed by atoms with van der Waals surface area (Å²) in [5.74, 6) is 0. The van der Waals surface area contributed by atoms with Crippen molar-refractivity contribution < 1.29 is 13.2 Å². The highest BCUT2D eigenvalue weighted by Gasteiger charge is 2.56. The van der Waals surface area contributed by atoms with Crippen molar-refractivity contribution >= 4 is 46.4 Å². The van der Waals surface area contributed by atoms with Crippen LogP contribution in [0.4, 0.5) is 13.2 Å². The monoisotopic (exact) mass is 234 g/mol. The van der Waals surface area contributed by atoms with Gasteiger partial charge in [0.2, 0.25) is 5.63 Å². The van der Waals surface area contributed by atoms with Crippen molar-refractivity contribution in [3.05, 3.63) is 0 Å². The zero-order valence-corrected chi connectivity index (χ0v) is 7.25. The molecule has 0 fully saturated rings. The smallest absolute Gasteiger partial charge is 0.225 e. The van der Waals surface area contributed by atoms with Gasteiger partial charge in [-0.05, 0) is 0 Å². The third kappa shape index (κ3) is 2.22. The Morgan fingerprint density at radius 3 is 1.40 bits per heavy atom. The molecule has 0 nitrogen and oxygen atoms in total. The summed E-state index contributed by atoms with van der Waals surface area (Å²) in [4.78, 5) is 0. The van der Waals surface area contributed by atoms with E-state index in [1.807, 2.05) is 0 Å². The van der Waals surface area contributed by atoms with Crippen LogP contribution in [0.1, 0.15) is 0 Å². The highest BCUT2D eigenvalue weighted by Crippen LogP contribution is 2.46. The predicted molar refractivity (Wildman–Crippen MR) is 36.0 cm³/mol. The van der Waals surface area contributed by atoms with Crippen molar-refractivity contribution in [3.8, 4) is 0 Å². The van der Waals surface area contributed by atoms with Crippen LogP contribution in [0.25, 0.3) is 0 Å². The van der Waals surface area contributed by atoms with Crippen LogP contribution in [0, 0.1) is 0 Å². The van der Waals surface area contributed by atoms with E-state index in [-0.39, 0.29) is 0 Å². The first-order valence-electron chi connectivity index (χ1n) is 1.92. The van der Waals surface area contributed by atoms with Crippen molar-refractivity contribution in [2.24, 2.45) is 0 Å². The van der Waals surface area contributed by atoms with E-state index < -0.39 is 15.3 Å². The molecule has 0 rings (SSSR count). The standard InChI is InChI=1S/C3HCl4F3/c4-1(8)2(5,9)3(6,7)10/h1H. The van der Waals surface area contributed by atoms with Crippen molar-refractivity contribution in [1.82, 2.24) is 0 Å². The molecular weight excluding hydrogens is 235 g/mol. The molecule has 10 heavy (non-hydrogen) atoms. The van der Waals surface area contributed by atoms with Gasteiger partial charge >= 0.3 is 4.59 Å². The first kappa shape index (κ1) is 11.0. The van der Waals surface area contributed by atoms with Crippen LogP contribution < -0.4 is 0 Å². The molecular formula is C3HCl4F3. The molecule has 7 heteroatoms. The first-order valence-corrected chi connectivity index (χ1v) is 3.49. The molecule has 2 atom stereocenters. The zero-order valence-electron chi connectivity index (χ0n) is 4.22. The molecule has 0 aliphatic rings. The van der Waals surface area contributed by atoms with Crippen molar-refractivity contribution in [3.63, 3.8) is 0 Å². The molecule has 0 bridgehead atoms. The van der Waals surface area contributed by atoms with Crippen LogP contribution in [0.15, 0.2) is 0 Å². The summed E-state index contributed by atoms with van der Waals surface area (Å²) >= 11 is 18.0. The molecule has 0 spiro atoms. The van der Waals surface area contributed by atoms with Gasteiger partial charge in [0.05, 0.1) is 0 Å². The summed E-state index contributed by atoms with van der Waals surface area (Å²) in [5.41, 5.74) is -2.81. The maximum atomic E-state index is 12.3. The summed E-state index contributed by atoms with van der Waals surface area (Å²) in [6.07, 6.45) is 0. The SMILES string of the molecule is FC(Cl)C(F)(Cl)C(F)(Cl)Cl. The molecule has 62 valence electrons. The fraction of sp³-hybridized carbons (Fsp3) is 1.00. The van der Waals surface area contributed by atoms with E-state index in [1.165, 1.54) is 0 Å². The molecule has 0 aromatic carbocycles. The lowest BCUT2D eigenvalue weighted by Crippen LogP contribution is -2.39. The van der Waals surface area contributed by atoms with Crippen LogP contribution >= 0.6 is 46.4 Å². The van der Waals surface area contributed by atoms with Crippen LogP contribution in [0.2, 0.25) is 0 Å². The van der Waals surface area contributed by atoms with Gasteiger partial charge in [0.1, 0.15) is 0 Å². The fourth-order valence-corrected chi connectivity index (χ4v) is 0.577. The van der Waals surface area contributed by atoms with Crippen LogP contribution in [-0.4, -0.2) is 15.3 Å². The number of halogens is 7. The van der Waals surface area contributed by atoms with Crippen molar-refractivity contribution in [1.29, 1.82) is 0 Å². The number of hydrogen-bond donors (Lipinski definition) is 0. The van der Waals surface area contributed by atoms with Crippen molar-refractivity contribution in [2.75, 3.05) is 0 Å². The Morgan fingerprint density at radius 1 is 1.10 bits per heavy atom. The Hall–Kier alpha value is 0.950. The van der Waals surface area contributed by atoms with Crippen LogP contribution in [0.5, 0.6) is 0 Å². The first-order chi connectivity index (χ1) is 4.19. The van der Waals surface area contributed by atoms with Gasteiger partial charge in [0.25, 0.3) is 5.13 Å². The third-order valence-corrected chi connectivity index (χ3v) is 2.26. The van der Waals surface area contributed by atoms with E-state index in [2.05, 4.69) is 46.4 Å². The summed E-state index contributed by atoms with van der Waals surface area (Å²) in [5, 5.41) is -3.63. The van der Waals surface area contributed by atoms with Crippen LogP contribution in [-0.2, 0) is 0 Å². The van der Waals surface area contributed by atoms with E-state index in [9.17, 15) is 13.2 Å². The van der Waals surface area contributed by atoms with E-state index in [0.717, 1.165) is 0 Å². The highest BCUT2D eigenvalue weighted by molar-refractivity contribution is 6.52. The Kier molecular flexibility index (Phi) is 3.43. The molecule has 0 heterocycles. The van der Waals surface area contributed by atoms with Gasteiger partial charge in [0.15, 0.2) is 0 Å². The summed E-state index contributed by atoms with van der Waals surface area (Å²) in [7, 11) is 0. The highest BCUT2D eigenvalue weighted by atomic mass is 35.5. The van der Waals surface area contributed by atoms with Gasteiger partial charge in [-0.2, -0.15) is 0 Å². The second-order valence-electron chi connectivity index (χ2n) is 1.42. The topological polar surface area (TPSA) is 0 Å². The van der Waals surface area contributed by atoms with E-state index in [0.29, 0.717) is 0 Å². The average molecular weight is 236 g/mol. The lowest BCUT2D eigenvalue weighted by Gasteiger charge is -2.23. The third-order valence-electron chi connectivity index (χ3n) is 0.652. The molecule has 0 aromatic heterocycles. The zero-order chi connectivity index (χ0) is 8.58. The van der Waals surface area contributed by atoms with Gasteiger partial charge in [-0.15, -0.1) is 0 Å². The van der Waals surface area contributed by atoms with Gasteiger partial charge in [0, 0.05) is 0 Å². The number of hydrogen-bond acceptors (Lipinski definition) is 0. The van der Waals surface area contributed by atoms with E-state index in [1.54, 1.807) is 0 Å². The Morgan fingerprint density at radius 2 is 1.40 bits per heavy atom. The van der Waals surface area contributed by atoms with Gasteiger partial charge in [-0.1, -0.05) is 46.4 Å². The summed E-state index contributed by atoms with van der Waals surface area (Å²) in [6, 6.07) is 0. The Balaban J connectivity index is 4.40. The maximum Gasteiger partial charge on any atom is 0.309 e. The molecule has 0 saturated carbocycles. The average Bonchev–Trinajstić information content (AvgIpc) is 1.62. The van der Waals surface area contributed by atoms with Crippen LogP contribution in [0.3, 0.4) is 0 Å². The molecule has 0 aromatic rings. The molecule has 0 N–H and O–H groups in total. The van der Waals surface area contributed by atoms with Gasteiger partial charge < -0.3 is 0 Å². The van der Waals surface area contributed by atoms with Crippen molar-refractivity contribution in [2.45, 2.75) is 15.3 Å². The minimum atomic E-state index is -3.63. The summed E-state index contributed by atoms with van der Waals surface area (Å²) < 4.78 is 32.7. The lowest BCUT2D eigenvalue weighted by atomic mass is 10.4. The largest absolute Gasteiger partial charge is 0.309 e. The number of rotatable bonds is 2. The predicted octanol–water partition coefficient (Wildman–Crippen LogP) is 3.53. The molecule has 0 aliphatic carbocycles. The molecule has 2 unspecified atom stereocenters. The number of alkyl halides is 7. The lowest BCUT2D eigenvalue weighted by molar-refractivity contribution is 0.103. The summed E-state index contributed by atoms with van der Waals surface area (Å²) in [6.45, 7) is 0.